The molecule has 2 aromatic carbocycles. The van der Waals surface area contributed by atoms with E-state index in [1.807, 2.05) is 6.07 Å². The SMILES string of the molecule is CC(NC(=O)c1nn(-c2ccccc2)cc1O)c1cccc(C(F)(F)F)c1. The topological polar surface area (TPSA) is 67.2 Å². The number of carbonyl (C=O) groups excluding carboxylic acids is 1. The van der Waals surface area contributed by atoms with Crippen molar-refractivity contribution in [2.45, 2.75) is 19.1 Å². The Hall–Kier alpha value is -3.29. The highest BCUT2D eigenvalue weighted by atomic mass is 19.4. The molecule has 0 aliphatic heterocycles. The fourth-order valence-corrected chi connectivity index (χ4v) is 2.57. The largest absolute Gasteiger partial charge is 0.504 e. The van der Waals surface area contributed by atoms with Crippen LogP contribution in [0.15, 0.2) is 60.8 Å². The number of amides is 1. The Morgan fingerprint density at radius 1 is 1.15 bits per heavy atom. The summed E-state index contributed by atoms with van der Waals surface area (Å²) in [5, 5.41) is 16.6. The second-order valence-corrected chi connectivity index (χ2v) is 5.96. The molecule has 5 nitrogen and oxygen atoms in total. The lowest BCUT2D eigenvalue weighted by molar-refractivity contribution is -0.137. The van der Waals surface area contributed by atoms with Crippen LogP contribution < -0.4 is 5.32 Å². The normalized spacial score (nSPS) is 12.6. The fourth-order valence-electron chi connectivity index (χ4n) is 2.57. The predicted octanol–water partition coefficient (Wildman–Crippen LogP) is 4.09. The first-order valence-corrected chi connectivity index (χ1v) is 8.08. The second-order valence-electron chi connectivity index (χ2n) is 5.96. The van der Waals surface area contributed by atoms with E-state index in [0.29, 0.717) is 11.3 Å². The van der Waals surface area contributed by atoms with Crippen LogP contribution in [0.1, 0.15) is 34.6 Å². The highest BCUT2D eigenvalue weighted by molar-refractivity contribution is 5.95. The fraction of sp³-hybridized carbons (Fsp3) is 0.158. The van der Waals surface area contributed by atoms with Gasteiger partial charge in [0.1, 0.15) is 0 Å². The van der Waals surface area contributed by atoms with E-state index in [1.165, 1.54) is 23.0 Å². The van der Waals surface area contributed by atoms with E-state index >= 15 is 0 Å². The number of aromatic nitrogens is 2. The predicted molar refractivity (Wildman–Crippen MR) is 92.6 cm³/mol. The molecule has 0 radical (unpaired) electrons. The Morgan fingerprint density at radius 2 is 1.85 bits per heavy atom. The quantitative estimate of drug-likeness (QED) is 0.722. The number of rotatable bonds is 4. The summed E-state index contributed by atoms with van der Waals surface area (Å²) >= 11 is 0. The number of benzene rings is 2. The summed E-state index contributed by atoms with van der Waals surface area (Å²) in [5.41, 5.74) is -0.0621. The van der Waals surface area contributed by atoms with Crippen LogP contribution in [0.3, 0.4) is 0 Å². The lowest BCUT2D eigenvalue weighted by atomic mass is 10.0. The van der Waals surface area contributed by atoms with E-state index < -0.39 is 23.7 Å². The van der Waals surface area contributed by atoms with Gasteiger partial charge in [0.15, 0.2) is 11.4 Å². The number of nitrogens with zero attached hydrogens (tertiary/aromatic N) is 2. The summed E-state index contributed by atoms with van der Waals surface area (Å²) < 4.78 is 39.9. The van der Waals surface area contributed by atoms with E-state index in [-0.39, 0.29) is 11.4 Å². The van der Waals surface area contributed by atoms with Gasteiger partial charge >= 0.3 is 6.18 Å². The van der Waals surface area contributed by atoms with Crippen LogP contribution in [-0.4, -0.2) is 20.8 Å². The zero-order valence-corrected chi connectivity index (χ0v) is 14.2. The highest BCUT2D eigenvalue weighted by Crippen LogP contribution is 2.30. The molecule has 27 heavy (non-hydrogen) atoms. The van der Waals surface area contributed by atoms with Crippen molar-refractivity contribution in [3.8, 4) is 11.4 Å². The van der Waals surface area contributed by atoms with Crippen molar-refractivity contribution in [3.63, 3.8) is 0 Å². The van der Waals surface area contributed by atoms with E-state index in [0.717, 1.165) is 12.1 Å². The van der Waals surface area contributed by atoms with Gasteiger partial charge in [-0.1, -0.05) is 30.3 Å². The molecule has 1 amide bonds. The second kappa shape index (κ2) is 7.14. The number of hydrogen-bond donors (Lipinski definition) is 2. The Kier molecular flexibility index (Phi) is 4.89. The number of hydrogen-bond acceptors (Lipinski definition) is 3. The third-order valence-corrected chi connectivity index (χ3v) is 3.99. The van der Waals surface area contributed by atoms with Gasteiger partial charge in [-0.05, 0) is 36.8 Å². The summed E-state index contributed by atoms with van der Waals surface area (Å²) in [6.07, 6.45) is -3.17. The molecule has 0 aliphatic rings. The van der Waals surface area contributed by atoms with Gasteiger partial charge in [0.25, 0.3) is 5.91 Å². The minimum atomic E-state index is -4.47. The summed E-state index contributed by atoms with van der Waals surface area (Å²) in [6.45, 7) is 1.55. The van der Waals surface area contributed by atoms with E-state index in [9.17, 15) is 23.1 Å². The average Bonchev–Trinajstić information content (AvgIpc) is 3.04. The third-order valence-electron chi connectivity index (χ3n) is 3.99. The average molecular weight is 375 g/mol. The van der Waals surface area contributed by atoms with Crippen LogP contribution in [0.25, 0.3) is 5.69 Å². The van der Waals surface area contributed by atoms with Gasteiger partial charge < -0.3 is 10.4 Å². The number of alkyl halides is 3. The maximum absolute atomic E-state index is 12.8. The van der Waals surface area contributed by atoms with Gasteiger partial charge in [-0.15, -0.1) is 0 Å². The molecule has 1 heterocycles. The van der Waals surface area contributed by atoms with Gasteiger partial charge in [0.2, 0.25) is 0 Å². The van der Waals surface area contributed by atoms with Crippen molar-refractivity contribution in [3.05, 3.63) is 77.6 Å². The number of nitrogens with one attached hydrogen (secondary N) is 1. The monoisotopic (exact) mass is 375 g/mol. The molecule has 140 valence electrons. The van der Waals surface area contributed by atoms with Gasteiger partial charge in [0, 0.05) is 0 Å². The molecule has 0 saturated heterocycles. The lowest BCUT2D eigenvalue weighted by Crippen LogP contribution is -2.27. The van der Waals surface area contributed by atoms with Crippen molar-refractivity contribution in [1.29, 1.82) is 0 Å². The smallest absolute Gasteiger partial charge is 0.416 e. The van der Waals surface area contributed by atoms with Crippen molar-refractivity contribution in [2.24, 2.45) is 0 Å². The zero-order chi connectivity index (χ0) is 19.6. The van der Waals surface area contributed by atoms with Crippen molar-refractivity contribution in [1.82, 2.24) is 15.1 Å². The van der Waals surface area contributed by atoms with E-state index in [1.54, 1.807) is 31.2 Å². The van der Waals surface area contributed by atoms with Crippen LogP contribution in [0.4, 0.5) is 13.2 Å². The molecule has 0 bridgehead atoms. The minimum Gasteiger partial charge on any atom is -0.504 e. The number of halogens is 3. The van der Waals surface area contributed by atoms with Crippen LogP contribution in [0.2, 0.25) is 0 Å². The molecule has 0 saturated carbocycles. The van der Waals surface area contributed by atoms with Crippen LogP contribution in [0.5, 0.6) is 5.75 Å². The van der Waals surface area contributed by atoms with Crippen molar-refractivity contribution < 1.29 is 23.1 Å². The van der Waals surface area contributed by atoms with Crippen LogP contribution in [-0.2, 0) is 6.18 Å². The van der Waals surface area contributed by atoms with Gasteiger partial charge in [-0.3, -0.25) is 4.79 Å². The first-order chi connectivity index (χ1) is 12.8. The Balaban J connectivity index is 1.79. The minimum absolute atomic E-state index is 0.210. The summed E-state index contributed by atoms with van der Waals surface area (Å²) in [6, 6.07) is 12.9. The van der Waals surface area contributed by atoms with Crippen molar-refractivity contribution >= 4 is 5.91 Å². The molecule has 3 rings (SSSR count). The molecule has 1 atom stereocenters. The first kappa shape index (κ1) is 18.5. The molecule has 0 spiro atoms. The lowest BCUT2D eigenvalue weighted by Gasteiger charge is -2.15. The van der Waals surface area contributed by atoms with Gasteiger partial charge in [-0.25, -0.2) is 4.68 Å². The summed E-state index contributed by atoms with van der Waals surface area (Å²) in [7, 11) is 0. The Labute approximate surface area is 153 Å². The summed E-state index contributed by atoms with van der Waals surface area (Å²) in [4.78, 5) is 12.4. The van der Waals surface area contributed by atoms with Crippen LogP contribution >= 0.6 is 0 Å². The molecule has 1 unspecified atom stereocenters. The molecule has 0 fully saturated rings. The number of aromatic hydroxyl groups is 1. The third kappa shape index (κ3) is 4.11. The van der Waals surface area contributed by atoms with Crippen molar-refractivity contribution in [2.75, 3.05) is 0 Å². The van der Waals surface area contributed by atoms with Gasteiger partial charge in [0.05, 0.1) is 23.5 Å². The summed E-state index contributed by atoms with van der Waals surface area (Å²) in [5.74, 6) is -1.01. The molecule has 1 aromatic heterocycles. The van der Waals surface area contributed by atoms with Gasteiger partial charge in [-0.2, -0.15) is 18.3 Å². The first-order valence-electron chi connectivity index (χ1n) is 8.08. The molecular weight excluding hydrogens is 359 g/mol. The van der Waals surface area contributed by atoms with E-state index in [2.05, 4.69) is 10.4 Å². The zero-order valence-electron chi connectivity index (χ0n) is 14.2. The molecule has 2 N–H and O–H groups in total. The maximum Gasteiger partial charge on any atom is 0.416 e. The Bertz CT molecular complexity index is 952. The highest BCUT2D eigenvalue weighted by Gasteiger charge is 2.31. The van der Waals surface area contributed by atoms with E-state index in [4.69, 9.17) is 0 Å². The standard InChI is InChI=1S/C19H16F3N3O2/c1-12(13-6-5-7-14(10-13)19(20,21)22)23-18(27)17-16(26)11-25(24-17)15-8-3-2-4-9-15/h2-12,26H,1H3,(H,23,27). The molecule has 8 heteroatoms. The number of carbonyl (C=O) groups is 1. The van der Waals surface area contributed by atoms with Crippen LogP contribution in [0, 0.1) is 0 Å². The molecule has 0 aliphatic carbocycles. The molecule has 3 aromatic rings. The number of para-hydroxylation sites is 1. The molecular formula is C19H16F3N3O2. The maximum atomic E-state index is 12.8. The Morgan fingerprint density at radius 3 is 2.52 bits per heavy atom.